The van der Waals surface area contributed by atoms with Gasteiger partial charge in [-0.1, -0.05) is 39.1 Å². The molecule has 0 aromatic heterocycles. The molecule has 0 spiro atoms. The minimum Gasteiger partial charge on any atom is -0.493 e. The summed E-state index contributed by atoms with van der Waals surface area (Å²) in [6.45, 7) is 0.563. The van der Waals surface area contributed by atoms with Crippen LogP contribution in [0.4, 0.5) is 0 Å². The number of fused-ring (bicyclic) bond motifs is 1. The quantitative estimate of drug-likeness (QED) is 0.769. The summed E-state index contributed by atoms with van der Waals surface area (Å²) >= 11 is 15.4. The van der Waals surface area contributed by atoms with Gasteiger partial charge in [0.2, 0.25) is 0 Å². The lowest BCUT2D eigenvalue weighted by Crippen LogP contribution is -2.32. The van der Waals surface area contributed by atoms with Crippen molar-refractivity contribution in [3.8, 4) is 5.75 Å². The average Bonchev–Trinajstić information content (AvgIpc) is 2.47. The molecule has 1 unspecified atom stereocenters. The van der Waals surface area contributed by atoms with Crippen LogP contribution in [0.5, 0.6) is 5.75 Å². The maximum atomic E-state index is 12.4. The number of nitrogens with one attached hydrogen (secondary N) is 1. The predicted molar refractivity (Wildman–Crippen MR) is 90.9 cm³/mol. The Bertz CT molecular complexity index is 736. The van der Waals surface area contributed by atoms with Gasteiger partial charge >= 0.3 is 0 Å². The molecule has 0 saturated heterocycles. The molecule has 1 atom stereocenters. The lowest BCUT2D eigenvalue weighted by molar-refractivity contribution is 0.0925. The van der Waals surface area contributed by atoms with E-state index in [0.717, 1.165) is 15.8 Å². The zero-order chi connectivity index (χ0) is 15.7. The molecule has 0 aliphatic carbocycles. The van der Waals surface area contributed by atoms with E-state index in [9.17, 15) is 4.79 Å². The summed E-state index contributed by atoms with van der Waals surface area (Å²) in [7, 11) is 0. The van der Waals surface area contributed by atoms with Crippen molar-refractivity contribution in [3.05, 3.63) is 62.0 Å². The van der Waals surface area contributed by atoms with E-state index in [-0.39, 0.29) is 11.9 Å². The number of hydrogen-bond acceptors (Lipinski definition) is 2. The fraction of sp³-hybridized carbons (Fsp3) is 0.188. The van der Waals surface area contributed by atoms with E-state index in [2.05, 4.69) is 21.2 Å². The van der Waals surface area contributed by atoms with Crippen molar-refractivity contribution >= 4 is 45.0 Å². The highest BCUT2D eigenvalue weighted by Gasteiger charge is 2.24. The average molecular weight is 401 g/mol. The lowest BCUT2D eigenvalue weighted by atomic mass is 10.00. The molecular weight excluding hydrogens is 389 g/mol. The topological polar surface area (TPSA) is 38.3 Å². The van der Waals surface area contributed by atoms with Crippen molar-refractivity contribution in [1.82, 2.24) is 5.32 Å². The highest BCUT2D eigenvalue weighted by Crippen LogP contribution is 2.34. The van der Waals surface area contributed by atoms with Gasteiger partial charge in [-0.25, -0.2) is 0 Å². The third-order valence-electron chi connectivity index (χ3n) is 3.49. The second kappa shape index (κ2) is 6.49. The Hall–Kier alpha value is -1.23. The van der Waals surface area contributed by atoms with Crippen molar-refractivity contribution < 1.29 is 9.53 Å². The highest BCUT2D eigenvalue weighted by atomic mass is 79.9. The summed E-state index contributed by atoms with van der Waals surface area (Å²) in [5.41, 5.74) is 1.37. The Morgan fingerprint density at radius 1 is 1.23 bits per heavy atom. The number of halogens is 3. The van der Waals surface area contributed by atoms with Gasteiger partial charge in [0.25, 0.3) is 5.91 Å². The van der Waals surface area contributed by atoms with Gasteiger partial charge in [0.05, 0.1) is 23.2 Å². The van der Waals surface area contributed by atoms with Crippen LogP contribution in [0.3, 0.4) is 0 Å². The Kier molecular flexibility index (Phi) is 4.62. The van der Waals surface area contributed by atoms with Crippen LogP contribution >= 0.6 is 39.1 Å². The fourth-order valence-corrected chi connectivity index (χ4v) is 3.30. The predicted octanol–water partition coefficient (Wildman–Crippen LogP) is 5.01. The zero-order valence-corrected chi connectivity index (χ0v) is 14.5. The van der Waals surface area contributed by atoms with Crippen molar-refractivity contribution in [2.45, 2.75) is 12.5 Å². The zero-order valence-electron chi connectivity index (χ0n) is 11.4. The van der Waals surface area contributed by atoms with Gasteiger partial charge in [-0.3, -0.25) is 4.79 Å². The van der Waals surface area contributed by atoms with Gasteiger partial charge in [0, 0.05) is 21.5 Å². The fourth-order valence-electron chi connectivity index (χ4n) is 2.42. The maximum absolute atomic E-state index is 12.4. The molecule has 1 heterocycles. The SMILES string of the molecule is O=C(NC1CCOc2ccc(Br)cc21)c1ccc(Cl)cc1Cl. The normalized spacial score (nSPS) is 16.6. The van der Waals surface area contributed by atoms with Crippen molar-refractivity contribution in [3.63, 3.8) is 0 Å². The number of amides is 1. The first-order valence-corrected chi connectivity index (χ1v) is 8.27. The molecule has 3 rings (SSSR count). The van der Waals surface area contributed by atoms with Crippen molar-refractivity contribution in [2.75, 3.05) is 6.61 Å². The summed E-state index contributed by atoms with van der Waals surface area (Å²) in [6.07, 6.45) is 0.709. The smallest absolute Gasteiger partial charge is 0.253 e. The molecule has 22 heavy (non-hydrogen) atoms. The van der Waals surface area contributed by atoms with Gasteiger partial charge in [-0.05, 0) is 36.4 Å². The van der Waals surface area contributed by atoms with Crippen LogP contribution in [-0.2, 0) is 0 Å². The van der Waals surface area contributed by atoms with E-state index < -0.39 is 0 Å². The minimum absolute atomic E-state index is 0.111. The van der Waals surface area contributed by atoms with E-state index in [1.807, 2.05) is 18.2 Å². The Morgan fingerprint density at radius 3 is 2.82 bits per heavy atom. The first kappa shape index (κ1) is 15.7. The third-order valence-corrected chi connectivity index (χ3v) is 4.53. The number of hydrogen-bond donors (Lipinski definition) is 1. The van der Waals surface area contributed by atoms with Crippen LogP contribution in [-0.4, -0.2) is 12.5 Å². The molecular formula is C16H12BrCl2NO2. The van der Waals surface area contributed by atoms with Gasteiger partial charge in [0.1, 0.15) is 5.75 Å². The Balaban J connectivity index is 1.85. The molecule has 3 nitrogen and oxygen atoms in total. The molecule has 0 bridgehead atoms. The van der Waals surface area contributed by atoms with E-state index in [1.54, 1.807) is 18.2 Å². The summed E-state index contributed by atoms with van der Waals surface area (Å²) in [6, 6.07) is 10.5. The molecule has 6 heteroatoms. The van der Waals surface area contributed by atoms with Gasteiger partial charge in [0.15, 0.2) is 0 Å². The van der Waals surface area contributed by atoms with Crippen LogP contribution in [0.15, 0.2) is 40.9 Å². The minimum atomic E-state index is -0.223. The molecule has 0 saturated carbocycles. The molecule has 2 aromatic carbocycles. The van der Waals surface area contributed by atoms with E-state index in [4.69, 9.17) is 27.9 Å². The highest BCUT2D eigenvalue weighted by molar-refractivity contribution is 9.10. The summed E-state index contributed by atoms with van der Waals surface area (Å²) in [4.78, 5) is 12.4. The number of rotatable bonds is 2. The monoisotopic (exact) mass is 399 g/mol. The maximum Gasteiger partial charge on any atom is 0.253 e. The lowest BCUT2D eigenvalue weighted by Gasteiger charge is -2.27. The first-order valence-electron chi connectivity index (χ1n) is 6.73. The van der Waals surface area contributed by atoms with Gasteiger partial charge < -0.3 is 10.1 Å². The van der Waals surface area contributed by atoms with Crippen LogP contribution in [0, 0.1) is 0 Å². The second-order valence-electron chi connectivity index (χ2n) is 4.97. The van der Waals surface area contributed by atoms with Crippen LogP contribution < -0.4 is 10.1 Å². The Labute approximate surface area is 146 Å². The third kappa shape index (κ3) is 3.24. The van der Waals surface area contributed by atoms with Crippen LogP contribution in [0.1, 0.15) is 28.4 Å². The summed E-state index contributed by atoms with van der Waals surface area (Å²) < 4.78 is 6.56. The van der Waals surface area contributed by atoms with Crippen LogP contribution in [0.25, 0.3) is 0 Å². The van der Waals surface area contributed by atoms with Crippen molar-refractivity contribution in [1.29, 1.82) is 0 Å². The second-order valence-corrected chi connectivity index (χ2v) is 6.73. The first-order chi connectivity index (χ1) is 10.5. The van der Waals surface area contributed by atoms with Gasteiger partial charge in [-0.15, -0.1) is 0 Å². The van der Waals surface area contributed by atoms with Gasteiger partial charge in [-0.2, -0.15) is 0 Å². The van der Waals surface area contributed by atoms with Crippen LogP contribution in [0.2, 0.25) is 10.0 Å². The molecule has 1 N–H and O–H groups in total. The largest absolute Gasteiger partial charge is 0.493 e. The van der Waals surface area contributed by atoms with Crippen molar-refractivity contribution in [2.24, 2.45) is 0 Å². The number of carbonyl (C=O) groups excluding carboxylic acids is 1. The molecule has 1 aliphatic rings. The molecule has 1 amide bonds. The van der Waals surface area contributed by atoms with E-state index in [1.165, 1.54) is 0 Å². The number of carbonyl (C=O) groups is 1. The molecule has 0 radical (unpaired) electrons. The molecule has 2 aromatic rings. The number of benzene rings is 2. The summed E-state index contributed by atoms with van der Waals surface area (Å²) in [5, 5.41) is 3.85. The summed E-state index contributed by atoms with van der Waals surface area (Å²) in [5.74, 6) is 0.571. The molecule has 0 fully saturated rings. The number of ether oxygens (including phenoxy) is 1. The standard InChI is InChI=1S/C16H12BrCl2NO2/c17-9-1-4-15-12(7-9)14(5-6-22-15)20-16(21)11-3-2-10(18)8-13(11)19/h1-4,7-8,14H,5-6H2,(H,20,21). The van der Waals surface area contributed by atoms with E-state index in [0.29, 0.717) is 28.6 Å². The van der Waals surface area contributed by atoms with E-state index >= 15 is 0 Å². The Morgan fingerprint density at radius 2 is 2.05 bits per heavy atom. The molecule has 1 aliphatic heterocycles. The molecule has 114 valence electrons.